The number of nitrogens with two attached hydrogens (primary N) is 2. The van der Waals surface area contributed by atoms with Crippen LogP contribution in [0.25, 0.3) is 0 Å². The zero-order chi connectivity index (χ0) is 22.3. The third-order valence-corrected chi connectivity index (χ3v) is 5.00. The molecule has 0 bridgehead atoms. The lowest BCUT2D eigenvalue weighted by atomic mass is 9.89. The number of hydrogen-bond donors (Lipinski definition) is 2. The van der Waals surface area contributed by atoms with Gasteiger partial charge in [0.25, 0.3) is 5.92 Å². The summed E-state index contributed by atoms with van der Waals surface area (Å²) in [5.74, 6) is 2.49. The van der Waals surface area contributed by atoms with Crippen LogP contribution < -0.4 is 11.7 Å². The predicted molar refractivity (Wildman–Crippen MR) is 104 cm³/mol. The molecule has 0 aliphatic rings. The molecule has 0 saturated heterocycles. The molecule has 0 aliphatic heterocycles. The summed E-state index contributed by atoms with van der Waals surface area (Å²) in [6, 6.07) is 4.72. The van der Waals surface area contributed by atoms with Gasteiger partial charge in [-0.05, 0) is 23.8 Å². The van der Waals surface area contributed by atoms with E-state index in [1.807, 2.05) is 0 Å². The van der Waals surface area contributed by atoms with Gasteiger partial charge in [-0.3, -0.25) is 14.8 Å². The van der Waals surface area contributed by atoms with Gasteiger partial charge >= 0.3 is 5.97 Å². The van der Waals surface area contributed by atoms with Crippen molar-refractivity contribution in [3.63, 3.8) is 0 Å². The number of nitrogens with zero attached hydrogens (tertiary/aromatic N) is 3. The number of hydrogen-bond acceptors (Lipinski definition) is 7. The number of methoxy groups -OCH3 is 1. The number of hydrazine groups is 1. The first-order valence-electron chi connectivity index (χ1n) is 8.42. The summed E-state index contributed by atoms with van der Waals surface area (Å²) in [7, 11) is 1.23. The van der Waals surface area contributed by atoms with Gasteiger partial charge in [-0.25, -0.2) is 14.6 Å². The van der Waals surface area contributed by atoms with Crippen molar-refractivity contribution in [3.8, 4) is 0 Å². The first-order chi connectivity index (χ1) is 14.2. The topological polar surface area (TPSA) is 107 Å². The van der Waals surface area contributed by atoms with Crippen molar-refractivity contribution in [3.05, 3.63) is 59.4 Å². The highest BCUT2D eigenvalue weighted by molar-refractivity contribution is 8.00. The highest BCUT2D eigenvalue weighted by atomic mass is 32.2. The summed E-state index contributed by atoms with van der Waals surface area (Å²) < 4.78 is 62.7. The Balaban J connectivity index is 2.36. The number of hydrazone groups is 1. The fourth-order valence-electron chi connectivity index (χ4n) is 2.58. The van der Waals surface area contributed by atoms with Crippen LogP contribution in [-0.2, 0) is 15.5 Å². The average Bonchev–Trinajstić information content (AvgIpc) is 2.71. The molecule has 0 spiro atoms. The van der Waals surface area contributed by atoms with Crippen molar-refractivity contribution in [2.24, 2.45) is 16.8 Å². The molecule has 1 heterocycles. The maximum atomic E-state index is 15.3. The Kier molecular flexibility index (Phi) is 8.00. The van der Waals surface area contributed by atoms with Crippen LogP contribution in [0.4, 0.5) is 17.6 Å². The minimum Gasteiger partial charge on any atom is -0.468 e. The van der Waals surface area contributed by atoms with Crippen molar-refractivity contribution in [2.75, 3.05) is 19.4 Å². The van der Waals surface area contributed by atoms with E-state index < -0.39 is 47.2 Å². The van der Waals surface area contributed by atoms with E-state index >= 15 is 8.78 Å². The molecular formula is C18H19F4N5O2S. The van der Waals surface area contributed by atoms with E-state index in [9.17, 15) is 13.6 Å². The average molecular weight is 445 g/mol. The smallest absolute Gasteiger partial charge is 0.315 e. The normalized spacial score (nSPS) is 12.7. The summed E-state index contributed by atoms with van der Waals surface area (Å²) in [5.41, 5.74) is -1.11. The number of benzene rings is 1. The molecule has 1 aromatic heterocycles. The number of carbonyl (C=O) groups is 1. The zero-order valence-corrected chi connectivity index (χ0v) is 16.6. The van der Waals surface area contributed by atoms with Gasteiger partial charge < -0.3 is 10.6 Å². The molecule has 12 heteroatoms. The van der Waals surface area contributed by atoms with E-state index in [-0.39, 0.29) is 5.75 Å². The standard InChI is InChI=1S/C18H19F4N5O2S/c1-29-17(28)9-30-12-3-5-16(25-7-12)18(21,22)14(8-27(24)10-26-23)13-4-2-11(19)6-15(13)20/h2-7,10,14H,8-9,23-24H2,1H3/b26-10-. The lowest BCUT2D eigenvalue weighted by Crippen LogP contribution is -2.40. The van der Waals surface area contributed by atoms with Gasteiger partial charge in [0.1, 0.15) is 23.7 Å². The Bertz CT molecular complexity index is 899. The number of pyridine rings is 1. The lowest BCUT2D eigenvalue weighted by molar-refractivity contribution is -0.137. The van der Waals surface area contributed by atoms with Gasteiger partial charge in [0.05, 0.1) is 18.8 Å². The second-order valence-corrected chi connectivity index (χ2v) is 7.10. The molecular weight excluding hydrogens is 426 g/mol. The number of halogens is 4. The molecule has 2 aromatic rings. The summed E-state index contributed by atoms with van der Waals surface area (Å²) >= 11 is 1.06. The summed E-state index contributed by atoms with van der Waals surface area (Å²) in [6.07, 6.45) is 2.06. The molecule has 7 nitrogen and oxygen atoms in total. The molecule has 4 N–H and O–H groups in total. The largest absolute Gasteiger partial charge is 0.468 e. The van der Waals surface area contributed by atoms with Crippen molar-refractivity contribution >= 4 is 24.1 Å². The molecule has 0 aliphatic carbocycles. The van der Waals surface area contributed by atoms with Crippen LogP contribution in [0, 0.1) is 11.6 Å². The molecule has 0 radical (unpaired) electrons. The van der Waals surface area contributed by atoms with Gasteiger partial charge in [0.15, 0.2) is 0 Å². The second-order valence-electron chi connectivity index (χ2n) is 6.05. The third-order valence-electron chi connectivity index (χ3n) is 4.05. The summed E-state index contributed by atoms with van der Waals surface area (Å²) in [4.78, 5) is 15.4. The monoisotopic (exact) mass is 445 g/mol. The molecule has 1 unspecified atom stereocenters. The molecule has 1 atom stereocenters. The van der Waals surface area contributed by atoms with Gasteiger partial charge in [-0.2, -0.15) is 13.9 Å². The number of ether oxygens (including phenoxy) is 1. The third kappa shape index (κ3) is 5.83. The molecule has 2 rings (SSSR count). The van der Waals surface area contributed by atoms with Crippen molar-refractivity contribution in [1.29, 1.82) is 0 Å². The van der Waals surface area contributed by atoms with Gasteiger partial charge in [-0.15, -0.1) is 11.8 Å². The number of alkyl halides is 2. The van der Waals surface area contributed by atoms with Crippen LogP contribution in [0.3, 0.4) is 0 Å². The minimum absolute atomic E-state index is 0.0160. The Morgan fingerprint density at radius 2 is 2.10 bits per heavy atom. The van der Waals surface area contributed by atoms with Gasteiger partial charge in [-0.1, -0.05) is 6.07 Å². The molecule has 162 valence electrons. The first-order valence-corrected chi connectivity index (χ1v) is 9.41. The van der Waals surface area contributed by atoms with Gasteiger partial charge in [0.2, 0.25) is 0 Å². The van der Waals surface area contributed by atoms with E-state index in [1.165, 1.54) is 13.2 Å². The summed E-state index contributed by atoms with van der Waals surface area (Å²) in [6.45, 7) is -0.587. The Morgan fingerprint density at radius 3 is 2.67 bits per heavy atom. The van der Waals surface area contributed by atoms with Crippen LogP contribution in [0.2, 0.25) is 0 Å². The minimum atomic E-state index is -3.69. The SMILES string of the molecule is COC(=O)CSc1ccc(C(F)(F)C(CN(N)/C=N\N)c2ccc(F)cc2F)nc1. The van der Waals surface area contributed by atoms with E-state index in [0.29, 0.717) is 11.0 Å². The fraction of sp³-hybridized carbons (Fsp3) is 0.278. The van der Waals surface area contributed by atoms with Gasteiger partial charge in [0, 0.05) is 23.7 Å². The number of aromatic nitrogens is 1. The lowest BCUT2D eigenvalue weighted by Gasteiger charge is -2.29. The van der Waals surface area contributed by atoms with E-state index in [2.05, 4.69) is 14.8 Å². The van der Waals surface area contributed by atoms with Crippen LogP contribution in [0.15, 0.2) is 46.5 Å². The van der Waals surface area contributed by atoms with Crippen molar-refractivity contribution < 1.29 is 27.1 Å². The number of esters is 1. The Morgan fingerprint density at radius 1 is 1.37 bits per heavy atom. The quantitative estimate of drug-likeness (QED) is 0.116. The van der Waals surface area contributed by atoms with E-state index in [4.69, 9.17) is 11.7 Å². The Hall–Kier alpha value is -2.86. The van der Waals surface area contributed by atoms with Crippen LogP contribution in [0.5, 0.6) is 0 Å². The Labute approximate surface area is 174 Å². The summed E-state index contributed by atoms with van der Waals surface area (Å²) in [5, 5.41) is 3.91. The highest BCUT2D eigenvalue weighted by Gasteiger charge is 2.45. The first kappa shape index (κ1) is 23.4. The predicted octanol–water partition coefficient (Wildman–Crippen LogP) is 2.58. The van der Waals surface area contributed by atoms with E-state index in [0.717, 1.165) is 47.5 Å². The molecule has 0 amide bonds. The van der Waals surface area contributed by atoms with Crippen molar-refractivity contribution in [1.82, 2.24) is 9.99 Å². The van der Waals surface area contributed by atoms with Crippen molar-refractivity contribution in [2.45, 2.75) is 16.7 Å². The van der Waals surface area contributed by atoms with Crippen LogP contribution >= 0.6 is 11.8 Å². The zero-order valence-electron chi connectivity index (χ0n) is 15.8. The number of carbonyl (C=O) groups excluding carboxylic acids is 1. The maximum absolute atomic E-state index is 15.3. The van der Waals surface area contributed by atoms with Crippen LogP contribution in [-0.4, -0.2) is 41.7 Å². The molecule has 0 saturated carbocycles. The molecule has 0 fully saturated rings. The molecule has 1 aromatic carbocycles. The second kappa shape index (κ2) is 10.3. The van der Waals surface area contributed by atoms with Crippen LogP contribution in [0.1, 0.15) is 17.2 Å². The maximum Gasteiger partial charge on any atom is 0.315 e. The fourth-order valence-corrected chi connectivity index (χ4v) is 3.27. The number of rotatable bonds is 9. The van der Waals surface area contributed by atoms with E-state index in [1.54, 1.807) is 0 Å². The molecule has 30 heavy (non-hydrogen) atoms. The highest BCUT2D eigenvalue weighted by Crippen LogP contribution is 2.42. The number of thioether (sulfide) groups is 1.